The molecule has 9 heteroatoms. The number of rotatable bonds is 6. The van der Waals surface area contributed by atoms with Gasteiger partial charge in [-0.15, -0.1) is 10.2 Å². The number of nitrogen functional groups attached to an aromatic ring is 1. The predicted octanol–water partition coefficient (Wildman–Crippen LogP) is 3.40. The monoisotopic (exact) mass is 419 g/mol. The van der Waals surface area contributed by atoms with E-state index in [0.717, 1.165) is 22.5 Å². The third-order valence-corrected chi connectivity index (χ3v) is 5.44. The first-order chi connectivity index (χ1) is 14.5. The fraction of sp³-hybridized carbons (Fsp3) is 0.143. The van der Waals surface area contributed by atoms with Crippen LogP contribution in [0.2, 0.25) is 0 Å². The minimum atomic E-state index is -0.142. The van der Waals surface area contributed by atoms with E-state index in [1.54, 1.807) is 0 Å². The average molecular weight is 420 g/mol. The lowest BCUT2D eigenvalue weighted by molar-refractivity contribution is -0.113. The molecule has 2 aromatic heterocycles. The van der Waals surface area contributed by atoms with Gasteiger partial charge in [0.25, 0.3) is 0 Å². The van der Waals surface area contributed by atoms with E-state index >= 15 is 0 Å². The minimum Gasteiger partial charge on any atom is -0.335 e. The van der Waals surface area contributed by atoms with Crippen LogP contribution >= 0.6 is 11.8 Å². The van der Waals surface area contributed by atoms with Gasteiger partial charge in [0, 0.05) is 11.3 Å². The normalized spacial score (nSPS) is 10.9. The summed E-state index contributed by atoms with van der Waals surface area (Å²) in [6, 6.07) is 17.6. The second kappa shape index (κ2) is 8.42. The molecule has 0 saturated carbocycles. The van der Waals surface area contributed by atoms with Crippen LogP contribution in [0.4, 0.5) is 5.69 Å². The first kappa shape index (κ1) is 19.7. The molecule has 0 bridgehead atoms. The van der Waals surface area contributed by atoms with E-state index in [9.17, 15) is 4.79 Å². The highest BCUT2D eigenvalue weighted by Crippen LogP contribution is 2.25. The van der Waals surface area contributed by atoms with Crippen molar-refractivity contribution in [2.45, 2.75) is 19.0 Å². The lowest BCUT2D eigenvalue weighted by atomic mass is 10.1. The number of aryl methyl sites for hydroxylation is 2. The number of anilines is 1. The quantitative estimate of drug-likeness (QED) is 0.326. The van der Waals surface area contributed by atoms with Gasteiger partial charge in [-0.3, -0.25) is 9.89 Å². The summed E-state index contributed by atoms with van der Waals surface area (Å²) < 4.78 is 1.36. The highest BCUT2D eigenvalue weighted by atomic mass is 32.2. The van der Waals surface area contributed by atoms with Crippen LogP contribution in [0, 0.1) is 13.8 Å². The minimum absolute atomic E-state index is 0.142. The van der Waals surface area contributed by atoms with Crippen molar-refractivity contribution in [1.29, 1.82) is 0 Å². The van der Waals surface area contributed by atoms with E-state index in [1.165, 1.54) is 22.0 Å². The van der Waals surface area contributed by atoms with Crippen LogP contribution in [0.15, 0.2) is 59.8 Å². The fourth-order valence-corrected chi connectivity index (χ4v) is 3.49. The number of hydrogen-bond donors (Lipinski definition) is 3. The van der Waals surface area contributed by atoms with E-state index in [2.05, 4.69) is 25.7 Å². The number of H-pyrrole nitrogens is 1. The van der Waals surface area contributed by atoms with Crippen molar-refractivity contribution in [2.75, 3.05) is 16.9 Å². The predicted molar refractivity (Wildman–Crippen MR) is 118 cm³/mol. The Morgan fingerprint density at radius 3 is 2.43 bits per heavy atom. The number of aromatic nitrogens is 5. The molecular weight excluding hydrogens is 398 g/mol. The summed E-state index contributed by atoms with van der Waals surface area (Å²) >= 11 is 1.22. The smallest absolute Gasteiger partial charge is 0.234 e. The summed E-state index contributed by atoms with van der Waals surface area (Å²) in [5.41, 5.74) is 5.51. The molecule has 8 nitrogen and oxygen atoms in total. The van der Waals surface area contributed by atoms with E-state index in [-0.39, 0.29) is 11.7 Å². The second-order valence-electron chi connectivity index (χ2n) is 6.91. The Kier molecular flexibility index (Phi) is 5.53. The maximum absolute atomic E-state index is 12.2. The Bertz CT molecular complexity index is 1160. The summed E-state index contributed by atoms with van der Waals surface area (Å²) in [6.45, 7) is 4.04. The highest BCUT2D eigenvalue weighted by molar-refractivity contribution is 7.99. The first-order valence-electron chi connectivity index (χ1n) is 9.32. The van der Waals surface area contributed by atoms with Crippen LogP contribution in [0.1, 0.15) is 11.1 Å². The van der Waals surface area contributed by atoms with Crippen LogP contribution in [-0.4, -0.2) is 36.7 Å². The Morgan fingerprint density at radius 1 is 1.07 bits per heavy atom. The summed E-state index contributed by atoms with van der Waals surface area (Å²) in [5, 5.41) is 18.8. The maximum atomic E-state index is 12.2. The van der Waals surface area contributed by atoms with Gasteiger partial charge in [-0.25, -0.2) is 4.68 Å². The standard InChI is InChI=1S/C21H21N7OS/c1-13-3-7-15(8-4-13)17-11-18(25-24-17)20-26-27-21(28(20)22)30-12-19(29)23-16-9-5-14(2)6-10-16/h3-11H,12,22H2,1-2H3,(H,23,29)(H,24,25). The lowest BCUT2D eigenvalue weighted by Crippen LogP contribution is -2.16. The van der Waals surface area contributed by atoms with Gasteiger partial charge in [0.15, 0.2) is 0 Å². The topological polar surface area (TPSA) is 115 Å². The zero-order chi connectivity index (χ0) is 21.1. The number of carbonyl (C=O) groups is 1. The van der Waals surface area contributed by atoms with Crippen LogP contribution < -0.4 is 11.2 Å². The number of nitrogens with one attached hydrogen (secondary N) is 2. The molecule has 4 aromatic rings. The summed E-state index contributed by atoms with van der Waals surface area (Å²) in [5.74, 6) is 6.62. The second-order valence-corrected chi connectivity index (χ2v) is 7.85. The number of aromatic amines is 1. The van der Waals surface area contributed by atoms with Gasteiger partial charge in [0.2, 0.25) is 16.9 Å². The number of amides is 1. The van der Waals surface area contributed by atoms with Gasteiger partial charge in [-0.2, -0.15) is 5.10 Å². The molecule has 2 aromatic carbocycles. The number of hydrogen-bond acceptors (Lipinski definition) is 6. The number of nitrogens with zero attached hydrogens (tertiary/aromatic N) is 4. The van der Waals surface area contributed by atoms with Gasteiger partial charge >= 0.3 is 0 Å². The van der Waals surface area contributed by atoms with Crippen molar-refractivity contribution in [3.8, 4) is 22.8 Å². The molecule has 30 heavy (non-hydrogen) atoms. The maximum Gasteiger partial charge on any atom is 0.234 e. The fourth-order valence-electron chi connectivity index (χ4n) is 2.83. The van der Waals surface area contributed by atoms with Crippen LogP contribution in [-0.2, 0) is 4.79 Å². The van der Waals surface area contributed by atoms with Gasteiger partial charge in [-0.1, -0.05) is 59.3 Å². The van der Waals surface area contributed by atoms with Crippen LogP contribution in [0.25, 0.3) is 22.8 Å². The molecule has 0 fully saturated rings. The number of nitrogens with two attached hydrogens (primary N) is 1. The molecule has 0 unspecified atom stereocenters. The molecule has 0 atom stereocenters. The Balaban J connectivity index is 1.42. The van der Waals surface area contributed by atoms with Crippen LogP contribution in [0.5, 0.6) is 0 Å². The van der Waals surface area contributed by atoms with Crippen LogP contribution in [0.3, 0.4) is 0 Å². The van der Waals surface area contributed by atoms with Gasteiger partial charge < -0.3 is 11.2 Å². The summed E-state index contributed by atoms with van der Waals surface area (Å²) in [4.78, 5) is 12.2. The Hall–Kier alpha value is -3.59. The molecule has 0 aliphatic rings. The van der Waals surface area contributed by atoms with Crippen molar-refractivity contribution in [1.82, 2.24) is 25.1 Å². The zero-order valence-corrected chi connectivity index (χ0v) is 17.4. The lowest BCUT2D eigenvalue weighted by Gasteiger charge is -2.05. The Labute approximate surface area is 177 Å². The van der Waals surface area contributed by atoms with Crippen molar-refractivity contribution >= 4 is 23.4 Å². The average Bonchev–Trinajstić information content (AvgIpc) is 3.35. The molecule has 152 valence electrons. The van der Waals surface area contributed by atoms with E-state index in [1.807, 2.05) is 68.4 Å². The Morgan fingerprint density at radius 2 is 1.73 bits per heavy atom. The van der Waals surface area contributed by atoms with Crippen molar-refractivity contribution in [2.24, 2.45) is 0 Å². The van der Waals surface area contributed by atoms with Crippen molar-refractivity contribution in [3.63, 3.8) is 0 Å². The number of benzene rings is 2. The van der Waals surface area contributed by atoms with Crippen molar-refractivity contribution in [3.05, 3.63) is 65.7 Å². The largest absolute Gasteiger partial charge is 0.335 e. The molecule has 4 rings (SSSR count). The van der Waals surface area contributed by atoms with E-state index in [0.29, 0.717) is 16.7 Å². The summed E-state index contributed by atoms with van der Waals surface area (Å²) in [7, 11) is 0. The van der Waals surface area contributed by atoms with Crippen molar-refractivity contribution < 1.29 is 4.79 Å². The van der Waals surface area contributed by atoms with Gasteiger partial charge in [0.05, 0.1) is 11.4 Å². The molecule has 0 aliphatic heterocycles. The molecular formula is C21H21N7OS. The highest BCUT2D eigenvalue weighted by Gasteiger charge is 2.16. The zero-order valence-electron chi connectivity index (χ0n) is 16.6. The molecule has 0 saturated heterocycles. The van der Waals surface area contributed by atoms with Gasteiger partial charge in [0.1, 0.15) is 5.69 Å². The SMILES string of the molecule is Cc1ccc(NC(=O)CSc2nnc(-c3cc(-c4ccc(C)cc4)n[nH]3)n2N)cc1. The third-order valence-electron chi connectivity index (χ3n) is 4.50. The first-order valence-corrected chi connectivity index (χ1v) is 10.3. The number of carbonyl (C=O) groups excluding carboxylic acids is 1. The molecule has 4 N–H and O–H groups in total. The summed E-state index contributed by atoms with van der Waals surface area (Å²) in [6.07, 6.45) is 0. The molecule has 0 spiro atoms. The molecule has 0 aliphatic carbocycles. The molecule has 1 amide bonds. The van der Waals surface area contributed by atoms with E-state index < -0.39 is 0 Å². The molecule has 0 radical (unpaired) electrons. The molecule has 2 heterocycles. The van der Waals surface area contributed by atoms with Gasteiger partial charge in [-0.05, 0) is 32.0 Å². The third kappa shape index (κ3) is 4.36. The van der Waals surface area contributed by atoms with E-state index in [4.69, 9.17) is 5.84 Å². The number of thioether (sulfide) groups is 1.